The molecule has 2 aromatic rings. The van der Waals surface area contributed by atoms with E-state index in [1.54, 1.807) is 51.1 Å². The number of amides is 2. The second-order valence-electron chi connectivity index (χ2n) is 11.5. The Morgan fingerprint density at radius 3 is 2.16 bits per heavy atom. The number of sulfonamides is 1. The van der Waals surface area contributed by atoms with Gasteiger partial charge in [-0.15, -0.1) is 0 Å². The number of aryl methyl sites for hydroxylation is 1. The van der Waals surface area contributed by atoms with Crippen LogP contribution in [0.3, 0.4) is 0 Å². The fraction of sp³-hybridized carbons (Fsp3) is 0.515. The van der Waals surface area contributed by atoms with Crippen molar-refractivity contribution in [2.75, 3.05) is 32.6 Å². The average molecular weight is 730 g/mol. The number of carbonyl (C=O) groups excluding carboxylic acids is 2. The van der Waals surface area contributed by atoms with E-state index in [4.69, 9.17) is 25.1 Å². The number of rotatable bonds is 13. The van der Waals surface area contributed by atoms with E-state index >= 15 is 0 Å². The molecule has 50 heavy (non-hydrogen) atoms. The highest BCUT2D eigenvalue weighted by Gasteiger charge is 2.38. The molecule has 1 aliphatic carbocycles. The molecule has 2 amide bonds. The molecule has 0 heterocycles. The third-order valence-electron chi connectivity index (χ3n) is 8.01. The molecule has 0 radical (unpaired) electrons. The molecule has 1 saturated carbocycles. The Labute approximate surface area is 290 Å². The number of carboxylic acids is 1. The van der Waals surface area contributed by atoms with Crippen molar-refractivity contribution in [3.63, 3.8) is 0 Å². The van der Waals surface area contributed by atoms with Crippen molar-refractivity contribution >= 4 is 39.5 Å². The Hall–Kier alpha value is -4.38. The predicted molar refractivity (Wildman–Crippen MR) is 182 cm³/mol. The van der Waals surface area contributed by atoms with Crippen LogP contribution in [-0.4, -0.2) is 81.1 Å². The average Bonchev–Trinajstić information content (AvgIpc) is 3.05. The maximum atomic E-state index is 13.6. The summed E-state index contributed by atoms with van der Waals surface area (Å²) in [6.45, 7) is 6.03. The number of ether oxygens (including phenoxy) is 2. The summed E-state index contributed by atoms with van der Waals surface area (Å²) in [5.41, 5.74) is 7.94. The predicted octanol–water partition coefficient (Wildman–Crippen LogP) is 4.63. The molecule has 0 spiro atoms. The number of carbonyl (C=O) groups is 3. The van der Waals surface area contributed by atoms with E-state index < -0.39 is 40.0 Å². The Morgan fingerprint density at radius 2 is 1.62 bits per heavy atom. The van der Waals surface area contributed by atoms with Crippen LogP contribution in [0.5, 0.6) is 11.5 Å². The van der Waals surface area contributed by atoms with E-state index in [-0.39, 0.29) is 17.3 Å². The van der Waals surface area contributed by atoms with Gasteiger partial charge < -0.3 is 25.6 Å². The summed E-state index contributed by atoms with van der Waals surface area (Å²) in [7, 11) is -0.659. The van der Waals surface area contributed by atoms with Crippen molar-refractivity contribution in [1.82, 2.24) is 9.62 Å². The van der Waals surface area contributed by atoms with Crippen LogP contribution in [0.4, 0.5) is 18.9 Å². The van der Waals surface area contributed by atoms with Gasteiger partial charge >= 0.3 is 12.1 Å². The van der Waals surface area contributed by atoms with Crippen molar-refractivity contribution in [3.05, 3.63) is 47.5 Å². The summed E-state index contributed by atoms with van der Waals surface area (Å²) in [6, 6.07) is 9.01. The fourth-order valence-electron chi connectivity index (χ4n) is 5.35. The van der Waals surface area contributed by atoms with Gasteiger partial charge in [-0.25, -0.2) is 18.2 Å². The number of aliphatic imine (C=N–C) groups is 1. The number of hydrogen-bond acceptors (Lipinski definition) is 8. The van der Waals surface area contributed by atoms with Crippen LogP contribution in [0, 0.1) is 12.8 Å². The van der Waals surface area contributed by atoms with Crippen LogP contribution in [-0.2, 0) is 30.8 Å². The normalized spacial score (nSPS) is 14.6. The van der Waals surface area contributed by atoms with E-state index in [0.717, 1.165) is 32.1 Å². The van der Waals surface area contributed by atoms with Crippen LogP contribution < -0.4 is 25.8 Å². The summed E-state index contributed by atoms with van der Waals surface area (Å²) in [5.74, 6) is -2.38. The topological polar surface area (TPSA) is 190 Å². The molecule has 5 N–H and O–H groups in total. The lowest BCUT2D eigenvalue weighted by Crippen LogP contribution is -2.40. The molecular weight excluding hydrogens is 683 g/mol. The Balaban J connectivity index is 0.00000112. The number of alkyl halides is 3. The van der Waals surface area contributed by atoms with E-state index in [1.807, 2.05) is 0 Å². The van der Waals surface area contributed by atoms with E-state index in [0.29, 0.717) is 53.7 Å². The van der Waals surface area contributed by atoms with Gasteiger partial charge in [0.2, 0.25) is 21.8 Å². The quantitative estimate of drug-likeness (QED) is 0.168. The van der Waals surface area contributed by atoms with Gasteiger partial charge in [-0.1, -0.05) is 58.1 Å². The number of hydrogen-bond donors (Lipinski definition) is 4. The number of benzene rings is 2. The largest absolute Gasteiger partial charge is 0.493 e. The van der Waals surface area contributed by atoms with Crippen LogP contribution in [0.2, 0.25) is 0 Å². The zero-order valence-electron chi connectivity index (χ0n) is 28.8. The molecule has 1 atom stereocenters. The van der Waals surface area contributed by atoms with Gasteiger partial charge in [-0.2, -0.15) is 17.5 Å². The second-order valence-corrected chi connectivity index (χ2v) is 13.5. The molecule has 17 heteroatoms. The Bertz CT molecular complexity index is 1610. The summed E-state index contributed by atoms with van der Waals surface area (Å²) in [5, 5.41) is 12.6. The van der Waals surface area contributed by atoms with Gasteiger partial charge in [-0.3, -0.25) is 14.9 Å². The molecule has 278 valence electrons. The van der Waals surface area contributed by atoms with Crippen LogP contribution in [0.15, 0.2) is 46.3 Å². The molecule has 0 saturated heterocycles. The minimum Gasteiger partial charge on any atom is -0.493 e. The summed E-state index contributed by atoms with van der Waals surface area (Å²) in [4.78, 5) is 39.8. The third-order valence-corrected chi connectivity index (χ3v) is 10.1. The lowest BCUT2D eigenvalue weighted by Gasteiger charge is -2.25. The zero-order valence-corrected chi connectivity index (χ0v) is 29.6. The molecule has 0 aromatic heterocycles. The molecule has 0 unspecified atom stereocenters. The summed E-state index contributed by atoms with van der Waals surface area (Å²) < 4.78 is 69.9. The first-order chi connectivity index (χ1) is 23.5. The number of guanidine groups is 1. The molecule has 1 fully saturated rings. The first kappa shape index (κ1) is 41.8. The lowest BCUT2D eigenvalue weighted by atomic mass is 9.84. The maximum Gasteiger partial charge on any atom is 0.490 e. The molecular formula is C33H46F3N5O8S. The molecule has 0 aliphatic heterocycles. The maximum absolute atomic E-state index is 13.6. The number of aliphatic carboxylic acids is 1. The smallest absolute Gasteiger partial charge is 0.490 e. The molecule has 13 nitrogen and oxygen atoms in total. The number of nitrogens with two attached hydrogens (primary N) is 1. The Kier molecular flexibility index (Phi) is 16.0. The molecule has 2 aromatic carbocycles. The second kappa shape index (κ2) is 19.1. The van der Waals surface area contributed by atoms with Crippen molar-refractivity contribution < 1.29 is 50.6 Å². The first-order valence-corrected chi connectivity index (χ1v) is 17.5. The highest BCUT2D eigenvalue weighted by molar-refractivity contribution is 7.89. The van der Waals surface area contributed by atoms with E-state index in [1.165, 1.54) is 24.6 Å². The fourth-order valence-corrected chi connectivity index (χ4v) is 6.83. The van der Waals surface area contributed by atoms with Crippen molar-refractivity contribution in [3.8, 4) is 11.5 Å². The minimum absolute atomic E-state index is 0.0169. The highest BCUT2D eigenvalue weighted by atomic mass is 32.2. The van der Waals surface area contributed by atoms with Crippen molar-refractivity contribution in [1.29, 1.82) is 0 Å². The van der Waals surface area contributed by atoms with Gasteiger partial charge in [0.1, 0.15) is 6.04 Å². The number of methoxy groups -OCH3 is 2. The van der Waals surface area contributed by atoms with Crippen molar-refractivity contribution in [2.45, 2.75) is 82.8 Å². The van der Waals surface area contributed by atoms with Crippen molar-refractivity contribution in [2.24, 2.45) is 16.6 Å². The number of nitrogens with one attached hydrogen (secondary N) is 2. The highest BCUT2D eigenvalue weighted by Crippen LogP contribution is 2.30. The number of anilines is 1. The summed E-state index contributed by atoms with van der Waals surface area (Å²) >= 11 is 0. The van der Waals surface area contributed by atoms with Gasteiger partial charge in [0.25, 0.3) is 0 Å². The molecule has 0 bridgehead atoms. The van der Waals surface area contributed by atoms with E-state index in [9.17, 15) is 31.2 Å². The van der Waals surface area contributed by atoms with Crippen LogP contribution in [0.1, 0.15) is 63.5 Å². The number of carboxylic acid groups (broad SMARTS) is 1. The number of halogens is 3. The standard InChI is InChI=1S/C31H45N5O6S.C2HF3O2/c1-6-36(7-2)43(39,40)24-15-13-21(3)25(20-24)33-30(38)26(17-22-11-9-8-10-12-22)34-31(32)35-29(37)19-23-14-16-27(41-4)28(18-23)42-5;3-2(4,5)1(6)7/h13-16,18,20,22,26H,6-12,17,19H2,1-5H3,(H,33,38)(H3,32,34,35,37);(H,6,7)/t26-;/m1./s1. The van der Waals surface area contributed by atoms with E-state index in [2.05, 4.69) is 15.6 Å². The van der Waals surface area contributed by atoms with Gasteiger partial charge in [0.05, 0.1) is 25.5 Å². The van der Waals surface area contributed by atoms with Crippen LogP contribution in [0.25, 0.3) is 0 Å². The SMILES string of the molecule is CCN(CC)S(=O)(=O)c1ccc(C)c(NC(=O)[C@@H](CC2CCCCC2)N=C(N)NC(=O)Cc2ccc(OC)c(OC)c2)c1.O=C(O)C(F)(F)F. The monoisotopic (exact) mass is 729 g/mol. The summed E-state index contributed by atoms with van der Waals surface area (Å²) in [6.07, 6.45) is 0.716. The lowest BCUT2D eigenvalue weighted by molar-refractivity contribution is -0.192. The minimum atomic E-state index is -5.08. The third kappa shape index (κ3) is 12.5. The van der Waals surface area contributed by atoms with Gasteiger partial charge in [0.15, 0.2) is 17.5 Å². The molecule has 3 rings (SSSR count). The molecule has 1 aliphatic rings. The van der Waals surface area contributed by atoms with Gasteiger partial charge in [0, 0.05) is 18.8 Å². The number of nitrogens with zero attached hydrogens (tertiary/aromatic N) is 2. The zero-order chi connectivity index (χ0) is 37.6. The van der Waals surface area contributed by atoms with Gasteiger partial charge in [-0.05, 0) is 54.7 Å². The van der Waals surface area contributed by atoms with Crippen LogP contribution >= 0.6 is 0 Å². The first-order valence-electron chi connectivity index (χ1n) is 16.0. The Morgan fingerprint density at radius 1 is 1.02 bits per heavy atom.